The summed E-state index contributed by atoms with van der Waals surface area (Å²) >= 11 is 11.6. The molecule has 0 aromatic heterocycles. The number of hydrazone groups is 1. The maximum atomic E-state index is 11.6. The third-order valence-corrected chi connectivity index (χ3v) is 3.17. The van der Waals surface area contributed by atoms with Gasteiger partial charge in [0.25, 0.3) is 5.91 Å². The number of halogens is 2. The zero-order chi connectivity index (χ0) is 15.9. The Morgan fingerprint density at radius 3 is 2.55 bits per heavy atom. The Morgan fingerprint density at radius 2 is 1.82 bits per heavy atom. The van der Waals surface area contributed by atoms with Crippen LogP contribution in [0.25, 0.3) is 0 Å². The first-order valence-electron chi connectivity index (χ1n) is 6.34. The van der Waals surface area contributed by atoms with E-state index in [-0.39, 0.29) is 18.2 Å². The van der Waals surface area contributed by atoms with Gasteiger partial charge in [-0.3, -0.25) is 4.79 Å². The number of rotatable bonds is 5. The van der Waals surface area contributed by atoms with Crippen molar-refractivity contribution in [1.82, 2.24) is 5.43 Å². The van der Waals surface area contributed by atoms with Gasteiger partial charge in [-0.05, 0) is 42.5 Å². The molecule has 0 atom stereocenters. The first-order chi connectivity index (χ1) is 10.5. The molecule has 114 valence electrons. The highest BCUT2D eigenvalue weighted by Crippen LogP contribution is 2.19. The van der Waals surface area contributed by atoms with Crippen molar-refractivity contribution in [2.75, 3.05) is 11.9 Å². The lowest BCUT2D eigenvalue weighted by molar-refractivity contribution is -0.119. The van der Waals surface area contributed by atoms with Gasteiger partial charge < -0.3 is 10.4 Å². The van der Waals surface area contributed by atoms with Gasteiger partial charge in [0.05, 0.1) is 12.8 Å². The number of hydrogen-bond donors (Lipinski definition) is 3. The largest absolute Gasteiger partial charge is 0.507 e. The maximum Gasteiger partial charge on any atom is 0.259 e. The summed E-state index contributed by atoms with van der Waals surface area (Å²) in [6.07, 6.45) is 1.32. The monoisotopic (exact) mass is 337 g/mol. The van der Waals surface area contributed by atoms with Crippen molar-refractivity contribution in [1.29, 1.82) is 0 Å². The molecule has 0 saturated heterocycles. The van der Waals surface area contributed by atoms with E-state index in [1.165, 1.54) is 12.3 Å². The molecular weight excluding hydrogens is 325 g/mol. The molecule has 7 heteroatoms. The van der Waals surface area contributed by atoms with Crippen LogP contribution in [0.5, 0.6) is 5.75 Å². The van der Waals surface area contributed by atoms with Crippen molar-refractivity contribution >= 4 is 41.0 Å². The van der Waals surface area contributed by atoms with Crippen LogP contribution >= 0.6 is 23.2 Å². The van der Waals surface area contributed by atoms with Crippen LogP contribution in [-0.2, 0) is 4.79 Å². The SMILES string of the molecule is O=C(CNc1ccc(Cl)cc1)NN=Cc1cc(Cl)ccc1O. The number of hydrogen-bond acceptors (Lipinski definition) is 4. The summed E-state index contributed by atoms with van der Waals surface area (Å²) in [7, 11) is 0. The molecule has 3 N–H and O–H groups in total. The molecule has 0 aliphatic heterocycles. The van der Waals surface area contributed by atoms with Crippen LogP contribution in [-0.4, -0.2) is 23.8 Å². The topological polar surface area (TPSA) is 73.7 Å². The van der Waals surface area contributed by atoms with E-state index >= 15 is 0 Å². The van der Waals surface area contributed by atoms with Crippen molar-refractivity contribution in [3.05, 3.63) is 58.1 Å². The first-order valence-corrected chi connectivity index (χ1v) is 7.10. The number of aromatic hydroxyl groups is 1. The Kier molecular flexibility index (Phi) is 5.63. The number of carbonyl (C=O) groups is 1. The number of phenolic OH excluding ortho intramolecular Hbond substituents is 1. The quantitative estimate of drug-likeness (QED) is 0.579. The summed E-state index contributed by atoms with van der Waals surface area (Å²) in [5.74, 6) is -0.297. The molecule has 0 radical (unpaired) electrons. The van der Waals surface area contributed by atoms with Crippen molar-refractivity contribution in [3.8, 4) is 5.75 Å². The fourth-order valence-corrected chi connectivity index (χ4v) is 1.90. The van der Waals surface area contributed by atoms with Gasteiger partial charge in [-0.25, -0.2) is 5.43 Å². The summed E-state index contributed by atoms with van der Waals surface area (Å²) in [5.41, 5.74) is 3.54. The second-order valence-corrected chi connectivity index (χ2v) is 5.23. The lowest BCUT2D eigenvalue weighted by Gasteiger charge is -2.05. The lowest BCUT2D eigenvalue weighted by atomic mass is 10.2. The molecule has 0 unspecified atom stereocenters. The normalized spacial score (nSPS) is 10.6. The minimum Gasteiger partial charge on any atom is -0.507 e. The molecule has 0 saturated carbocycles. The van der Waals surface area contributed by atoms with E-state index in [1.807, 2.05) is 0 Å². The van der Waals surface area contributed by atoms with Gasteiger partial charge >= 0.3 is 0 Å². The average molecular weight is 338 g/mol. The van der Waals surface area contributed by atoms with Gasteiger partial charge in [-0.15, -0.1) is 0 Å². The summed E-state index contributed by atoms with van der Waals surface area (Å²) < 4.78 is 0. The second kappa shape index (κ2) is 7.68. The van der Waals surface area contributed by atoms with Gasteiger partial charge in [-0.1, -0.05) is 23.2 Å². The fourth-order valence-electron chi connectivity index (χ4n) is 1.59. The van der Waals surface area contributed by atoms with Crippen LogP contribution in [0, 0.1) is 0 Å². The van der Waals surface area contributed by atoms with Crippen molar-refractivity contribution < 1.29 is 9.90 Å². The minimum absolute atomic E-state index is 0.0293. The van der Waals surface area contributed by atoms with E-state index in [0.717, 1.165) is 5.69 Å². The third kappa shape index (κ3) is 4.95. The molecule has 0 fully saturated rings. The molecule has 0 aliphatic rings. The molecule has 5 nitrogen and oxygen atoms in total. The number of amides is 1. The first kappa shape index (κ1) is 16.1. The zero-order valence-electron chi connectivity index (χ0n) is 11.4. The highest BCUT2D eigenvalue weighted by molar-refractivity contribution is 6.31. The zero-order valence-corrected chi connectivity index (χ0v) is 12.9. The summed E-state index contributed by atoms with van der Waals surface area (Å²) in [6, 6.07) is 11.5. The van der Waals surface area contributed by atoms with Crippen molar-refractivity contribution in [3.63, 3.8) is 0 Å². The van der Waals surface area contributed by atoms with Crippen molar-refractivity contribution in [2.24, 2.45) is 5.10 Å². The van der Waals surface area contributed by atoms with E-state index in [9.17, 15) is 9.90 Å². The van der Waals surface area contributed by atoms with E-state index in [2.05, 4.69) is 15.8 Å². The van der Waals surface area contributed by atoms with Gasteiger partial charge in [0.1, 0.15) is 5.75 Å². The minimum atomic E-state index is -0.326. The number of nitrogens with one attached hydrogen (secondary N) is 2. The number of anilines is 1. The third-order valence-electron chi connectivity index (χ3n) is 2.68. The number of benzene rings is 2. The molecule has 1 amide bonds. The van der Waals surface area contributed by atoms with E-state index in [1.54, 1.807) is 36.4 Å². The van der Waals surface area contributed by atoms with E-state index < -0.39 is 0 Å². The van der Waals surface area contributed by atoms with E-state index in [0.29, 0.717) is 15.6 Å². The highest BCUT2D eigenvalue weighted by Gasteiger charge is 2.01. The van der Waals surface area contributed by atoms with Crippen LogP contribution in [0.2, 0.25) is 10.0 Å². The Bertz CT molecular complexity index is 688. The number of carbonyl (C=O) groups excluding carboxylic acids is 1. The number of nitrogens with zero attached hydrogens (tertiary/aromatic N) is 1. The predicted octanol–water partition coefficient (Wildman–Crippen LogP) is 3.26. The van der Waals surface area contributed by atoms with Crippen LogP contribution in [0.15, 0.2) is 47.6 Å². The lowest BCUT2D eigenvalue weighted by Crippen LogP contribution is -2.25. The van der Waals surface area contributed by atoms with Gasteiger partial charge in [-0.2, -0.15) is 5.10 Å². The molecule has 2 aromatic carbocycles. The summed E-state index contributed by atoms with van der Waals surface area (Å²) in [4.78, 5) is 11.6. The van der Waals surface area contributed by atoms with Gasteiger partial charge in [0, 0.05) is 21.3 Å². The Balaban J connectivity index is 1.83. The highest BCUT2D eigenvalue weighted by atomic mass is 35.5. The Labute approximate surface area is 137 Å². The Morgan fingerprint density at radius 1 is 1.14 bits per heavy atom. The van der Waals surface area contributed by atoms with Crippen LogP contribution in [0.1, 0.15) is 5.56 Å². The Hall–Kier alpha value is -2.24. The van der Waals surface area contributed by atoms with Crippen LogP contribution in [0.4, 0.5) is 5.69 Å². The molecule has 2 rings (SSSR count). The summed E-state index contributed by atoms with van der Waals surface area (Å²) in [5, 5.41) is 17.4. The fraction of sp³-hybridized carbons (Fsp3) is 0.0667. The standard InChI is InChI=1S/C15H13Cl2N3O2/c16-11-1-4-13(5-2-11)18-9-15(22)20-19-8-10-7-12(17)3-6-14(10)21/h1-8,18,21H,9H2,(H,20,22). The molecular formula is C15H13Cl2N3O2. The second-order valence-electron chi connectivity index (χ2n) is 4.36. The van der Waals surface area contributed by atoms with Gasteiger partial charge in [0.15, 0.2) is 0 Å². The van der Waals surface area contributed by atoms with E-state index in [4.69, 9.17) is 23.2 Å². The molecule has 2 aromatic rings. The molecule has 0 heterocycles. The average Bonchev–Trinajstić information content (AvgIpc) is 2.50. The molecule has 0 aliphatic carbocycles. The smallest absolute Gasteiger partial charge is 0.259 e. The van der Waals surface area contributed by atoms with Crippen LogP contribution in [0.3, 0.4) is 0 Å². The van der Waals surface area contributed by atoms with Crippen molar-refractivity contribution in [2.45, 2.75) is 0 Å². The molecule has 0 spiro atoms. The summed E-state index contributed by atoms with van der Waals surface area (Å²) in [6.45, 7) is 0.0561. The van der Waals surface area contributed by atoms with Gasteiger partial charge in [0.2, 0.25) is 0 Å². The number of phenols is 1. The molecule has 22 heavy (non-hydrogen) atoms. The maximum absolute atomic E-state index is 11.6. The van der Waals surface area contributed by atoms with Crippen LogP contribution < -0.4 is 10.7 Å². The predicted molar refractivity (Wildman–Crippen MR) is 88.8 cm³/mol. The molecule has 0 bridgehead atoms.